The average Bonchev–Trinajstić information content (AvgIpc) is 3.18. The topological polar surface area (TPSA) is 73.2 Å². The van der Waals surface area contributed by atoms with E-state index >= 15 is 0 Å². The first kappa shape index (κ1) is 18.4. The molecule has 0 radical (unpaired) electrons. The summed E-state index contributed by atoms with van der Waals surface area (Å²) in [6.45, 7) is 3.37. The predicted octanol–water partition coefficient (Wildman–Crippen LogP) is 3.57. The number of Topliss-reactive ketones (excluding diaryl/α,β-unsaturated/α-hetero) is 1. The van der Waals surface area contributed by atoms with E-state index in [1.54, 1.807) is 42.3 Å². The molecule has 0 bridgehead atoms. The van der Waals surface area contributed by atoms with Gasteiger partial charge in [0.15, 0.2) is 5.78 Å². The minimum absolute atomic E-state index is 0.0720. The molecule has 6 heteroatoms. The fourth-order valence-corrected chi connectivity index (χ4v) is 2.70. The highest BCUT2D eigenvalue weighted by molar-refractivity contribution is 5.99. The van der Waals surface area contributed by atoms with Crippen molar-refractivity contribution in [3.05, 3.63) is 77.6 Å². The summed E-state index contributed by atoms with van der Waals surface area (Å²) in [6, 6.07) is 14.0. The van der Waals surface area contributed by atoms with Crippen LogP contribution >= 0.6 is 0 Å². The Balaban J connectivity index is 1.74. The summed E-state index contributed by atoms with van der Waals surface area (Å²) in [6.07, 6.45) is 3.59. The summed E-state index contributed by atoms with van der Waals surface area (Å²) in [5, 5.41) is 7.30. The van der Waals surface area contributed by atoms with Crippen LogP contribution in [0.2, 0.25) is 0 Å². The van der Waals surface area contributed by atoms with E-state index in [1.807, 2.05) is 37.4 Å². The number of rotatable bonds is 6. The van der Waals surface area contributed by atoms with Crippen LogP contribution in [0.25, 0.3) is 5.69 Å². The molecule has 0 saturated heterocycles. The van der Waals surface area contributed by atoms with Gasteiger partial charge < -0.3 is 10.1 Å². The summed E-state index contributed by atoms with van der Waals surface area (Å²) in [5.74, 6) is 0.438. The maximum Gasteiger partial charge on any atom is 0.251 e. The van der Waals surface area contributed by atoms with Crippen molar-refractivity contribution in [1.29, 1.82) is 0 Å². The van der Waals surface area contributed by atoms with E-state index in [4.69, 9.17) is 4.74 Å². The van der Waals surface area contributed by atoms with Crippen molar-refractivity contribution in [1.82, 2.24) is 15.1 Å². The molecule has 1 atom stereocenters. The first-order chi connectivity index (χ1) is 13.0. The molecule has 3 rings (SSSR count). The third-order valence-corrected chi connectivity index (χ3v) is 4.30. The number of carbonyl (C=O) groups excluding carboxylic acids is 2. The van der Waals surface area contributed by atoms with Gasteiger partial charge >= 0.3 is 0 Å². The molecule has 3 aromatic rings. The van der Waals surface area contributed by atoms with Gasteiger partial charge in [0, 0.05) is 29.0 Å². The third-order valence-electron chi connectivity index (χ3n) is 4.30. The average molecular weight is 363 g/mol. The number of nitrogens with zero attached hydrogens (tertiary/aromatic N) is 2. The molecule has 1 amide bonds. The lowest BCUT2D eigenvalue weighted by atomic mass is 10.1. The van der Waals surface area contributed by atoms with E-state index < -0.39 is 0 Å². The van der Waals surface area contributed by atoms with Gasteiger partial charge in [-0.2, -0.15) is 5.10 Å². The van der Waals surface area contributed by atoms with Crippen LogP contribution in [0, 0.1) is 0 Å². The Bertz CT molecular complexity index is 978. The number of benzene rings is 2. The fraction of sp³-hybridized carbons (Fsp3) is 0.190. The van der Waals surface area contributed by atoms with Crippen molar-refractivity contribution in [3.63, 3.8) is 0 Å². The molecule has 6 nitrogen and oxygen atoms in total. The molecule has 0 aliphatic carbocycles. The molecular formula is C21H21N3O3. The molecule has 0 spiro atoms. The second-order valence-corrected chi connectivity index (χ2v) is 6.25. The Morgan fingerprint density at radius 3 is 2.59 bits per heavy atom. The maximum absolute atomic E-state index is 12.5. The second-order valence-electron chi connectivity index (χ2n) is 6.25. The molecule has 0 saturated carbocycles. The van der Waals surface area contributed by atoms with Crippen molar-refractivity contribution >= 4 is 11.7 Å². The summed E-state index contributed by atoms with van der Waals surface area (Å²) in [4.78, 5) is 24.0. The van der Waals surface area contributed by atoms with E-state index in [1.165, 1.54) is 6.92 Å². The number of hydrogen-bond donors (Lipinski definition) is 1. The summed E-state index contributed by atoms with van der Waals surface area (Å²) in [5.41, 5.74) is 2.71. The Morgan fingerprint density at radius 1 is 1.11 bits per heavy atom. The quantitative estimate of drug-likeness (QED) is 0.680. The zero-order chi connectivity index (χ0) is 19.4. The molecule has 0 unspecified atom stereocenters. The van der Waals surface area contributed by atoms with Gasteiger partial charge in [0.1, 0.15) is 5.75 Å². The Morgan fingerprint density at radius 2 is 1.85 bits per heavy atom. The summed E-state index contributed by atoms with van der Waals surface area (Å²) < 4.78 is 6.97. The molecule has 2 aromatic carbocycles. The van der Waals surface area contributed by atoms with Gasteiger partial charge in [0.2, 0.25) is 0 Å². The molecule has 27 heavy (non-hydrogen) atoms. The van der Waals surface area contributed by atoms with Gasteiger partial charge in [0.05, 0.1) is 25.0 Å². The van der Waals surface area contributed by atoms with E-state index in [-0.39, 0.29) is 17.7 Å². The number of ether oxygens (including phenoxy) is 1. The van der Waals surface area contributed by atoms with Gasteiger partial charge in [0.25, 0.3) is 5.91 Å². The SMILES string of the molecule is COc1cccc(-n2cc([C@@H](C)NC(=O)c3cccc(C(C)=O)c3)cn2)c1. The number of hydrogen-bond acceptors (Lipinski definition) is 4. The van der Waals surface area contributed by atoms with E-state index in [0.717, 1.165) is 17.0 Å². The zero-order valence-electron chi connectivity index (χ0n) is 15.5. The number of amides is 1. The standard InChI is InChI=1S/C21H21N3O3/c1-14(23-21(26)17-7-4-6-16(10-17)15(2)25)18-12-22-24(13-18)19-8-5-9-20(11-19)27-3/h4-14H,1-3H3,(H,23,26)/t14-/m1/s1. The predicted molar refractivity (Wildman–Crippen MR) is 102 cm³/mol. The number of nitrogens with one attached hydrogen (secondary N) is 1. The summed E-state index contributed by atoms with van der Waals surface area (Å²) >= 11 is 0. The van der Waals surface area contributed by atoms with Crippen LogP contribution in [0.5, 0.6) is 5.75 Å². The minimum atomic E-state index is -0.238. The van der Waals surface area contributed by atoms with Gasteiger partial charge in [-0.05, 0) is 38.1 Å². The van der Waals surface area contributed by atoms with Crippen molar-refractivity contribution in [2.75, 3.05) is 7.11 Å². The lowest BCUT2D eigenvalue weighted by Crippen LogP contribution is -2.26. The molecule has 1 heterocycles. The Labute approximate surface area is 157 Å². The van der Waals surface area contributed by atoms with Crippen LogP contribution in [0.1, 0.15) is 46.2 Å². The molecule has 0 fully saturated rings. The monoisotopic (exact) mass is 363 g/mol. The van der Waals surface area contributed by atoms with Crippen LogP contribution in [-0.2, 0) is 0 Å². The normalized spacial score (nSPS) is 11.7. The van der Waals surface area contributed by atoms with Crippen LogP contribution in [0.4, 0.5) is 0 Å². The van der Waals surface area contributed by atoms with Gasteiger partial charge in [-0.25, -0.2) is 4.68 Å². The van der Waals surface area contributed by atoms with Crippen LogP contribution in [0.15, 0.2) is 60.9 Å². The lowest BCUT2D eigenvalue weighted by Gasteiger charge is -2.12. The van der Waals surface area contributed by atoms with Crippen LogP contribution in [0.3, 0.4) is 0 Å². The number of aromatic nitrogens is 2. The van der Waals surface area contributed by atoms with Gasteiger partial charge in [-0.3, -0.25) is 9.59 Å². The summed E-state index contributed by atoms with van der Waals surface area (Å²) in [7, 11) is 1.62. The third kappa shape index (κ3) is 4.23. The van der Waals surface area contributed by atoms with Gasteiger partial charge in [-0.15, -0.1) is 0 Å². The Kier molecular flexibility index (Phi) is 5.35. The fourth-order valence-electron chi connectivity index (χ4n) is 2.70. The number of carbonyl (C=O) groups is 2. The van der Waals surface area contributed by atoms with Crippen LogP contribution < -0.4 is 10.1 Å². The van der Waals surface area contributed by atoms with E-state index in [2.05, 4.69) is 10.4 Å². The highest BCUT2D eigenvalue weighted by Crippen LogP contribution is 2.19. The molecule has 1 aromatic heterocycles. The van der Waals surface area contributed by atoms with E-state index in [9.17, 15) is 9.59 Å². The largest absolute Gasteiger partial charge is 0.497 e. The van der Waals surface area contributed by atoms with Gasteiger partial charge in [-0.1, -0.05) is 18.2 Å². The zero-order valence-corrected chi connectivity index (χ0v) is 15.5. The maximum atomic E-state index is 12.5. The van der Waals surface area contributed by atoms with E-state index in [0.29, 0.717) is 11.1 Å². The molecule has 138 valence electrons. The molecule has 1 N–H and O–H groups in total. The molecule has 0 aliphatic rings. The smallest absolute Gasteiger partial charge is 0.251 e. The van der Waals surface area contributed by atoms with Crippen molar-refractivity contribution < 1.29 is 14.3 Å². The second kappa shape index (κ2) is 7.86. The first-order valence-electron chi connectivity index (χ1n) is 8.59. The van der Waals surface area contributed by atoms with Crippen molar-refractivity contribution in [3.8, 4) is 11.4 Å². The van der Waals surface area contributed by atoms with Crippen molar-refractivity contribution in [2.45, 2.75) is 19.9 Å². The highest BCUT2D eigenvalue weighted by atomic mass is 16.5. The molecular weight excluding hydrogens is 342 g/mol. The van der Waals surface area contributed by atoms with Crippen LogP contribution in [-0.4, -0.2) is 28.6 Å². The van der Waals surface area contributed by atoms with Crippen molar-refractivity contribution in [2.24, 2.45) is 0 Å². The highest BCUT2D eigenvalue weighted by Gasteiger charge is 2.14. The first-order valence-corrected chi connectivity index (χ1v) is 8.59. The number of methoxy groups -OCH3 is 1. The Hall–Kier alpha value is -3.41. The minimum Gasteiger partial charge on any atom is -0.497 e. The number of ketones is 1. The lowest BCUT2D eigenvalue weighted by molar-refractivity contribution is 0.0940. The molecule has 0 aliphatic heterocycles.